The van der Waals surface area contributed by atoms with E-state index < -0.39 is 0 Å². The number of aryl methyl sites for hydroxylation is 1. The lowest BCUT2D eigenvalue weighted by molar-refractivity contribution is -0.123. The van der Waals surface area contributed by atoms with Crippen LogP contribution >= 0.6 is 0 Å². The van der Waals surface area contributed by atoms with Crippen LogP contribution in [0.5, 0.6) is 5.75 Å². The first-order valence-electron chi connectivity index (χ1n) is 9.35. The topological polar surface area (TPSA) is 54.7 Å². The maximum absolute atomic E-state index is 12.2. The fraction of sp³-hybridized carbons (Fsp3) is 0.476. The van der Waals surface area contributed by atoms with Crippen LogP contribution < -0.4 is 10.1 Å². The largest absolute Gasteiger partial charge is 0.484 e. The van der Waals surface area contributed by atoms with Crippen molar-refractivity contribution in [1.29, 1.82) is 0 Å². The second-order valence-electron chi connectivity index (χ2n) is 7.16. The van der Waals surface area contributed by atoms with Crippen LogP contribution in [-0.2, 0) is 4.79 Å². The van der Waals surface area contributed by atoms with Gasteiger partial charge < -0.3 is 14.5 Å². The van der Waals surface area contributed by atoms with Crippen molar-refractivity contribution in [2.75, 3.05) is 26.2 Å². The molecule has 140 valence electrons. The third-order valence-corrected chi connectivity index (χ3v) is 5.01. The van der Waals surface area contributed by atoms with E-state index in [2.05, 4.69) is 17.1 Å². The van der Waals surface area contributed by atoms with Gasteiger partial charge in [-0.05, 0) is 63.0 Å². The van der Waals surface area contributed by atoms with E-state index in [1.165, 1.54) is 18.4 Å². The highest BCUT2D eigenvalue weighted by molar-refractivity contribution is 5.77. The van der Waals surface area contributed by atoms with Crippen LogP contribution in [0.2, 0.25) is 0 Å². The van der Waals surface area contributed by atoms with Gasteiger partial charge in [0.2, 0.25) is 0 Å². The molecule has 1 aromatic carbocycles. The molecule has 1 saturated heterocycles. The van der Waals surface area contributed by atoms with Crippen molar-refractivity contribution in [3.8, 4) is 5.75 Å². The molecule has 5 heteroatoms. The highest BCUT2D eigenvalue weighted by Crippen LogP contribution is 2.26. The maximum Gasteiger partial charge on any atom is 0.258 e. The molecule has 1 aliphatic heterocycles. The van der Waals surface area contributed by atoms with Crippen molar-refractivity contribution < 1.29 is 13.9 Å². The van der Waals surface area contributed by atoms with E-state index in [0.717, 1.165) is 24.8 Å². The Morgan fingerprint density at radius 2 is 2.00 bits per heavy atom. The molecule has 0 bridgehead atoms. The Balaban J connectivity index is 1.52. The van der Waals surface area contributed by atoms with Gasteiger partial charge in [-0.3, -0.25) is 9.69 Å². The number of hydrogen-bond acceptors (Lipinski definition) is 4. The summed E-state index contributed by atoms with van der Waals surface area (Å²) < 4.78 is 11.2. The molecule has 0 aliphatic carbocycles. The van der Waals surface area contributed by atoms with Crippen LogP contribution in [0.25, 0.3) is 0 Å². The van der Waals surface area contributed by atoms with Gasteiger partial charge in [0.25, 0.3) is 5.91 Å². The van der Waals surface area contributed by atoms with Gasteiger partial charge in [0.15, 0.2) is 6.61 Å². The molecule has 0 saturated carbocycles. The Labute approximate surface area is 155 Å². The number of hydrogen-bond donors (Lipinski definition) is 1. The van der Waals surface area contributed by atoms with Crippen molar-refractivity contribution in [2.24, 2.45) is 5.92 Å². The van der Waals surface area contributed by atoms with Gasteiger partial charge in [-0.25, -0.2) is 0 Å². The van der Waals surface area contributed by atoms with Crippen LogP contribution in [0, 0.1) is 12.8 Å². The second kappa shape index (κ2) is 8.90. The van der Waals surface area contributed by atoms with Gasteiger partial charge in [-0.1, -0.05) is 24.6 Å². The number of nitrogens with one attached hydrogen (secondary N) is 1. The molecule has 0 spiro atoms. The average Bonchev–Trinajstić information content (AvgIpc) is 3.17. The molecule has 1 amide bonds. The molecular weight excluding hydrogens is 328 g/mol. The predicted octanol–water partition coefficient (Wildman–Crippen LogP) is 3.56. The Morgan fingerprint density at radius 3 is 2.65 bits per heavy atom. The first-order valence-corrected chi connectivity index (χ1v) is 9.35. The SMILES string of the molecule is Cc1ccc(OCC(=O)NCC(c2ccco2)N2CCC(C)CC2)cc1. The number of carbonyl (C=O) groups is 1. The molecule has 1 unspecified atom stereocenters. The average molecular weight is 356 g/mol. The maximum atomic E-state index is 12.2. The molecular formula is C21H28N2O3. The lowest BCUT2D eigenvalue weighted by atomic mass is 9.97. The van der Waals surface area contributed by atoms with Crippen molar-refractivity contribution in [3.05, 3.63) is 54.0 Å². The summed E-state index contributed by atoms with van der Waals surface area (Å²) in [6, 6.07) is 11.6. The molecule has 1 fully saturated rings. The molecule has 2 aromatic rings. The van der Waals surface area contributed by atoms with E-state index >= 15 is 0 Å². The second-order valence-corrected chi connectivity index (χ2v) is 7.16. The number of furan rings is 1. The Kier molecular flexibility index (Phi) is 6.34. The number of ether oxygens (including phenoxy) is 1. The fourth-order valence-electron chi connectivity index (χ4n) is 3.28. The lowest BCUT2D eigenvalue weighted by Gasteiger charge is -2.35. The van der Waals surface area contributed by atoms with E-state index in [-0.39, 0.29) is 18.6 Å². The van der Waals surface area contributed by atoms with Crippen LogP contribution in [0.1, 0.15) is 37.1 Å². The van der Waals surface area contributed by atoms with E-state index in [4.69, 9.17) is 9.15 Å². The van der Waals surface area contributed by atoms with E-state index in [9.17, 15) is 4.79 Å². The zero-order valence-corrected chi connectivity index (χ0v) is 15.6. The number of benzene rings is 1. The van der Waals surface area contributed by atoms with E-state index in [1.54, 1.807) is 6.26 Å². The smallest absolute Gasteiger partial charge is 0.258 e. The van der Waals surface area contributed by atoms with Gasteiger partial charge in [0, 0.05) is 6.54 Å². The van der Waals surface area contributed by atoms with E-state index in [0.29, 0.717) is 12.3 Å². The Bertz CT molecular complexity index is 674. The molecule has 26 heavy (non-hydrogen) atoms. The quantitative estimate of drug-likeness (QED) is 0.824. The van der Waals surface area contributed by atoms with Crippen LogP contribution in [0.3, 0.4) is 0 Å². The summed E-state index contributed by atoms with van der Waals surface area (Å²) in [6.07, 6.45) is 4.06. The summed E-state index contributed by atoms with van der Waals surface area (Å²) in [5.74, 6) is 2.26. The standard InChI is InChI=1S/C21H28N2O3/c1-16-5-7-18(8-6-16)26-15-21(24)22-14-19(20-4-3-13-25-20)23-11-9-17(2)10-12-23/h3-8,13,17,19H,9-12,14-15H2,1-2H3,(H,22,24). The van der Waals surface area contributed by atoms with Gasteiger partial charge in [-0.2, -0.15) is 0 Å². The van der Waals surface area contributed by atoms with Crippen molar-refractivity contribution in [2.45, 2.75) is 32.7 Å². The zero-order valence-electron chi connectivity index (χ0n) is 15.6. The lowest BCUT2D eigenvalue weighted by Crippen LogP contribution is -2.42. The van der Waals surface area contributed by atoms with Crippen LogP contribution in [0.4, 0.5) is 0 Å². The fourth-order valence-corrected chi connectivity index (χ4v) is 3.28. The van der Waals surface area contributed by atoms with E-state index in [1.807, 2.05) is 43.3 Å². The Morgan fingerprint density at radius 1 is 1.27 bits per heavy atom. The highest BCUT2D eigenvalue weighted by atomic mass is 16.5. The minimum Gasteiger partial charge on any atom is -0.484 e. The number of likely N-dealkylation sites (tertiary alicyclic amines) is 1. The summed E-state index contributed by atoms with van der Waals surface area (Å²) in [5, 5.41) is 3.00. The monoisotopic (exact) mass is 356 g/mol. The molecule has 1 aliphatic rings. The summed E-state index contributed by atoms with van der Waals surface area (Å²) in [6.45, 7) is 6.92. The summed E-state index contributed by atoms with van der Waals surface area (Å²) in [5.41, 5.74) is 1.17. The van der Waals surface area contributed by atoms with Crippen molar-refractivity contribution in [1.82, 2.24) is 10.2 Å². The summed E-state index contributed by atoms with van der Waals surface area (Å²) in [4.78, 5) is 14.6. The Hall–Kier alpha value is -2.27. The van der Waals surface area contributed by atoms with Gasteiger partial charge in [0.1, 0.15) is 11.5 Å². The number of amides is 1. The summed E-state index contributed by atoms with van der Waals surface area (Å²) >= 11 is 0. The van der Waals surface area contributed by atoms with Crippen LogP contribution in [0.15, 0.2) is 47.1 Å². The third kappa shape index (κ3) is 5.11. The number of rotatable bonds is 7. The first kappa shape index (κ1) is 18.5. The molecule has 5 nitrogen and oxygen atoms in total. The molecule has 2 heterocycles. The molecule has 1 atom stereocenters. The van der Waals surface area contributed by atoms with Gasteiger partial charge in [0.05, 0.1) is 12.3 Å². The van der Waals surface area contributed by atoms with Crippen molar-refractivity contribution >= 4 is 5.91 Å². The van der Waals surface area contributed by atoms with Crippen LogP contribution in [-0.4, -0.2) is 37.0 Å². The number of piperidine rings is 1. The molecule has 1 aromatic heterocycles. The number of nitrogens with zero attached hydrogens (tertiary/aromatic N) is 1. The first-order chi connectivity index (χ1) is 12.6. The highest BCUT2D eigenvalue weighted by Gasteiger charge is 2.26. The molecule has 0 radical (unpaired) electrons. The molecule has 3 rings (SSSR count). The summed E-state index contributed by atoms with van der Waals surface area (Å²) in [7, 11) is 0. The predicted molar refractivity (Wildman–Crippen MR) is 101 cm³/mol. The third-order valence-electron chi connectivity index (χ3n) is 5.01. The zero-order chi connectivity index (χ0) is 18.4. The normalized spacial score (nSPS) is 17.0. The minimum absolute atomic E-state index is 0.0188. The van der Waals surface area contributed by atoms with Gasteiger partial charge in [-0.15, -0.1) is 0 Å². The minimum atomic E-state index is -0.118. The van der Waals surface area contributed by atoms with Gasteiger partial charge >= 0.3 is 0 Å². The van der Waals surface area contributed by atoms with Crippen molar-refractivity contribution in [3.63, 3.8) is 0 Å². The molecule has 1 N–H and O–H groups in total. The number of carbonyl (C=O) groups excluding carboxylic acids is 1.